The van der Waals surface area contributed by atoms with Crippen LogP contribution in [0.4, 0.5) is 5.69 Å². The van der Waals surface area contributed by atoms with Crippen molar-refractivity contribution >= 4 is 22.5 Å². The van der Waals surface area contributed by atoms with Gasteiger partial charge in [0.15, 0.2) is 5.69 Å². The van der Waals surface area contributed by atoms with E-state index in [2.05, 4.69) is 10.2 Å². The lowest BCUT2D eigenvalue weighted by Crippen LogP contribution is -2.17. The van der Waals surface area contributed by atoms with Gasteiger partial charge in [-0.1, -0.05) is 18.2 Å². The van der Waals surface area contributed by atoms with Crippen LogP contribution < -0.4 is 20.9 Å². The quantitative estimate of drug-likeness (QED) is 0.664. The second-order valence-electron chi connectivity index (χ2n) is 6.17. The van der Waals surface area contributed by atoms with Gasteiger partial charge in [-0.15, -0.1) is 10.2 Å². The molecule has 2 aromatic carbocycles. The second kappa shape index (κ2) is 7.90. The van der Waals surface area contributed by atoms with Crippen LogP contribution in [0.25, 0.3) is 10.9 Å². The Balaban J connectivity index is 1.82. The zero-order chi connectivity index (χ0) is 19.4. The molecule has 1 heterocycles. The summed E-state index contributed by atoms with van der Waals surface area (Å²) in [7, 11) is 3.30. The summed E-state index contributed by atoms with van der Waals surface area (Å²) in [6.45, 7) is 0. The van der Waals surface area contributed by atoms with Crippen molar-refractivity contribution < 1.29 is 14.3 Å². The molecule has 0 aliphatic heterocycles. The molecule has 4 N–H and O–H groups in total. The number of nitrogen functional groups attached to an aromatic ring is 1. The van der Waals surface area contributed by atoms with Crippen molar-refractivity contribution in [2.45, 2.75) is 19.3 Å². The molecule has 0 unspecified atom stereocenters. The minimum atomic E-state index is -0.683. The number of benzene rings is 2. The van der Waals surface area contributed by atoms with Crippen LogP contribution in [-0.2, 0) is 12.8 Å². The molecule has 0 spiro atoms. The number of hydrogen-bond donors (Lipinski definition) is 2. The minimum Gasteiger partial charge on any atom is -0.497 e. The maximum Gasteiger partial charge on any atom is 0.271 e. The van der Waals surface area contributed by atoms with Crippen molar-refractivity contribution in [3.8, 4) is 11.5 Å². The van der Waals surface area contributed by atoms with Gasteiger partial charge in [0.2, 0.25) is 0 Å². The van der Waals surface area contributed by atoms with E-state index >= 15 is 0 Å². The molecule has 140 valence electrons. The Hall–Kier alpha value is -3.35. The Labute approximate surface area is 157 Å². The van der Waals surface area contributed by atoms with Gasteiger partial charge in [-0.25, -0.2) is 0 Å². The fraction of sp³-hybridized carbons (Fsp3) is 0.250. The third kappa shape index (κ3) is 3.76. The van der Waals surface area contributed by atoms with Gasteiger partial charge in [0.25, 0.3) is 5.91 Å². The standard InChI is InChI=1S/C20H22N4O3/c1-26-14-9-10-16(27-2)13(11-14)7-3-5-12-6-4-8-15-17(21)19(20(22)25)24-23-18(12)15/h4,6,8-11H,3,5,7H2,1-2H3,(H2,21,23)(H2,22,25). The molecule has 3 aromatic rings. The van der Waals surface area contributed by atoms with Gasteiger partial charge < -0.3 is 20.9 Å². The number of anilines is 1. The van der Waals surface area contributed by atoms with E-state index in [4.69, 9.17) is 20.9 Å². The fourth-order valence-electron chi connectivity index (χ4n) is 3.14. The van der Waals surface area contributed by atoms with E-state index in [9.17, 15) is 4.79 Å². The van der Waals surface area contributed by atoms with E-state index in [1.54, 1.807) is 14.2 Å². The summed E-state index contributed by atoms with van der Waals surface area (Å²) in [5.41, 5.74) is 14.4. The Morgan fingerprint density at radius 2 is 1.81 bits per heavy atom. The maximum atomic E-state index is 11.4. The summed E-state index contributed by atoms with van der Waals surface area (Å²) in [4.78, 5) is 11.4. The van der Waals surface area contributed by atoms with Gasteiger partial charge in [-0.2, -0.15) is 0 Å². The third-order valence-corrected chi connectivity index (χ3v) is 4.53. The SMILES string of the molecule is COc1ccc(OC)c(CCCc2cccc3c(N)c(C(N)=O)nnc23)c1. The van der Waals surface area contributed by atoms with E-state index in [1.165, 1.54) is 0 Å². The number of methoxy groups -OCH3 is 2. The number of rotatable bonds is 7. The summed E-state index contributed by atoms with van der Waals surface area (Å²) in [6, 6.07) is 11.5. The number of aromatic nitrogens is 2. The number of fused-ring (bicyclic) bond motifs is 1. The number of ether oxygens (including phenoxy) is 2. The van der Waals surface area contributed by atoms with E-state index < -0.39 is 5.91 Å². The molecule has 7 heteroatoms. The van der Waals surface area contributed by atoms with Crippen LogP contribution in [0.2, 0.25) is 0 Å². The van der Waals surface area contributed by atoms with Gasteiger partial charge in [0.1, 0.15) is 11.5 Å². The van der Waals surface area contributed by atoms with E-state index in [0.717, 1.165) is 41.9 Å². The Morgan fingerprint density at radius 3 is 2.52 bits per heavy atom. The molecular formula is C20H22N4O3. The van der Waals surface area contributed by atoms with Crippen LogP contribution in [0.1, 0.15) is 28.0 Å². The highest BCUT2D eigenvalue weighted by Crippen LogP contribution is 2.27. The maximum absolute atomic E-state index is 11.4. The topological polar surface area (TPSA) is 113 Å². The first-order valence-corrected chi connectivity index (χ1v) is 8.59. The molecular weight excluding hydrogens is 344 g/mol. The lowest BCUT2D eigenvalue weighted by Gasteiger charge is -2.11. The molecule has 1 amide bonds. The average Bonchev–Trinajstić information content (AvgIpc) is 2.68. The van der Waals surface area contributed by atoms with Crippen molar-refractivity contribution in [3.05, 3.63) is 53.2 Å². The normalized spacial score (nSPS) is 10.7. The molecule has 0 fully saturated rings. The number of amides is 1. The van der Waals surface area contributed by atoms with E-state index in [-0.39, 0.29) is 11.4 Å². The highest BCUT2D eigenvalue weighted by molar-refractivity contribution is 6.04. The Kier molecular flexibility index (Phi) is 5.40. The van der Waals surface area contributed by atoms with Crippen molar-refractivity contribution in [1.29, 1.82) is 0 Å². The summed E-state index contributed by atoms with van der Waals surface area (Å²) in [5, 5.41) is 8.76. The number of nitrogens with two attached hydrogens (primary N) is 2. The largest absolute Gasteiger partial charge is 0.497 e. The fourth-order valence-corrected chi connectivity index (χ4v) is 3.14. The molecule has 0 bridgehead atoms. The van der Waals surface area contributed by atoms with Gasteiger partial charge in [0.05, 0.1) is 25.4 Å². The number of hydrogen-bond acceptors (Lipinski definition) is 6. The lowest BCUT2D eigenvalue weighted by molar-refractivity contribution is 0.0996. The molecule has 27 heavy (non-hydrogen) atoms. The molecule has 0 aliphatic carbocycles. The van der Waals surface area contributed by atoms with E-state index in [0.29, 0.717) is 10.9 Å². The monoisotopic (exact) mass is 366 g/mol. The molecule has 0 radical (unpaired) electrons. The number of carbonyl (C=O) groups excluding carboxylic acids is 1. The van der Waals surface area contributed by atoms with E-state index in [1.807, 2.05) is 36.4 Å². The molecule has 0 saturated carbocycles. The highest BCUT2D eigenvalue weighted by atomic mass is 16.5. The third-order valence-electron chi connectivity index (χ3n) is 4.53. The Bertz CT molecular complexity index is 988. The number of carbonyl (C=O) groups is 1. The second-order valence-corrected chi connectivity index (χ2v) is 6.17. The summed E-state index contributed by atoms with van der Waals surface area (Å²) in [5.74, 6) is 0.954. The van der Waals surface area contributed by atoms with Crippen LogP contribution in [-0.4, -0.2) is 30.3 Å². The first-order valence-electron chi connectivity index (χ1n) is 8.59. The zero-order valence-corrected chi connectivity index (χ0v) is 15.4. The predicted molar refractivity (Wildman–Crippen MR) is 104 cm³/mol. The minimum absolute atomic E-state index is 0.000710. The van der Waals surface area contributed by atoms with Gasteiger partial charge in [-0.05, 0) is 48.6 Å². The number of aryl methyl sites for hydroxylation is 2. The highest BCUT2D eigenvalue weighted by Gasteiger charge is 2.14. The summed E-state index contributed by atoms with van der Waals surface area (Å²) < 4.78 is 10.7. The van der Waals surface area contributed by atoms with Gasteiger partial charge in [0, 0.05) is 5.39 Å². The first kappa shape index (κ1) is 18.4. The van der Waals surface area contributed by atoms with Gasteiger partial charge in [-0.3, -0.25) is 4.79 Å². The van der Waals surface area contributed by atoms with Gasteiger partial charge >= 0.3 is 0 Å². The molecule has 3 rings (SSSR count). The molecule has 0 atom stereocenters. The summed E-state index contributed by atoms with van der Waals surface area (Å²) >= 11 is 0. The molecule has 0 aliphatic rings. The van der Waals surface area contributed by atoms with Crippen molar-refractivity contribution in [1.82, 2.24) is 10.2 Å². The van der Waals surface area contributed by atoms with Crippen molar-refractivity contribution in [2.24, 2.45) is 5.73 Å². The molecule has 7 nitrogen and oxygen atoms in total. The summed E-state index contributed by atoms with van der Waals surface area (Å²) in [6.07, 6.45) is 2.47. The molecule has 1 aromatic heterocycles. The predicted octanol–water partition coefficient (Wildman–Crippen LogP) is 2.50. The van der Waals surface area contributed by atoms with Crippen LogP contribution >= 0.6 is 0 Å². The smallest absolute Gasteiger partial charge is 0.271 e. The first-order chi connectivity index (χ1) is 13.0. The lowest BCUT2D eigenvalue weighted by atomic mass is 10.0. The van der Waals surface area contributed by atoms with Crippen molar-refractivity contribution in [3.63, 3.8) is 0 Å². The van der Waals surface area contributed by atoms with Crippen LogP contribution in [0.5, 0.6) is 11.5 Å². The number of primary amides is 1. The Morgan fingerprint density at radius 1 is 1.04 bits per heavy atom. The van der Waals surface area contributed by atoms with Crippen LogP contribution in [0.3, 0.4) is 0 Å². The van der Waals surface area contributed by atoms with Crippen LogP contribution in [0.15, 0.2) is 36.4 Å². The van der Waals surface area contributed by atoms with Crippen molar-refractivity contribution in [2.75, 3.05) is 20.0 Å². The molecule has 0 saturated heterocycles. The average molecular weight is 366 g/mol. The van der Waals surface area contributed by atoms with Crippen LogP contribution in [0, 0.1) is 0 Å². The number of nitrogens with zero attached hydrogens (tertiary/aromatic N) is 2. The zero-order valence-electron chi connectivity index (χ0n) is 15.4.